The predicted octanol–water partition coefficient (Wildman–Crippen LogP) is 2.79. The van der Waals surface area contributed by atoms with Crippen molar-refractivity contribution in [1.82, 2.24) is 14.8 Å². The molecule has 144 valence electrons. The number of rotatable bonds is 7. The van der Waals surface area contributed by atoms with E-state index in [1.807, 2.05) is 6.92 Å². The first-order valence-electron chi connectivity index (χ1n) is 8.33. The van der Waals surface area contributed by atoms with Crippen LogP contribution < -0.4 is 9.47 Å². The van der Waals surface area contributed by atoms with E-state index in [2.05, 4.69) is 10.2 Å². The molecule has 8 nitrogen and oxygen atoms in total. The van der Waals surface area contributed by atoms with Gasteiger partial charge in [-0.1, -0.05) is 13.0 Å². The van der Waals surface area contributed by atoms with Crippen LogP contribution >= 0.6 is 0 Å². The molecule has 0 unspecified atom stereocenters. The Labute approximate surface area is 157 Å². The summed E-state index contributed by atoms with van der Waals surface area (Å²) in [5.74, 6) is 2.51. The molecule has 2 aromatic heterocycles. The molecule has 0 fully saturated rings. The Kier molecular flexibility index (Phi) is 5.22. The molecule has 0 saturated carbocycles. The Morgan fingerprint density at radius 2 is 1.74 bits per heavy atom. The highest BCUT2D eigenvalue weighted by Crippen LogP contribution is 2.36. The number of nitrogens with zero attached hydrogens (tertiary/aromatic N) is 3. The lowest BCUT2D eigenvalue weighted by molar-refractivity contribution is 0.390. The third-order valence-electron chi connectivity index (χ3n) is 4.11. The third-order valence-corrected chi connectivity index (χ3v) is 5.68. The number of ether oxygens (including phenoxy) is 2. The molecule has 1 aromatic carbocycles. The highest BCUT2D eigenvalue weighted by Gasteiger charge is 2.26. The zero-order chi connectivity index (χ0) is 19.6. The van der Waals surface area contributed by atoms with Crippen molar-refractivity contribution in [2.24, 2.45) is 0 Å². The smallest absolute Gasteiger partial charge is 0.204 e. The Bertz CT molecular complexity index is 1030. The minimum Gasteiger partial charge on any atom is -0.494 e. The van der Waals surface area contributed by atoms with Gasteiger partial charge in [0.05, 0.1) is 14.2 Å². The summed E-state index contributed by atoms with van der Waals surface area (Å²) >= 11 is 0. The number of sulfone groups is 1. The summed E-state index contributed by atoms with van der Waals surface area (Å²) in [6.07, 6.45) is 0. The molecule has 0 N–H and O–H groups in total. The number of hydrogen-bond donors (Lipinski definition) is 0. The molecular weight excluding hydrogens is 370 g/mol. The van der Waals surface area contributed by atoms with E-state index in [1.165, 1.54) is 14.2 Å². The summed E-state index contributed by atoms with van der Waals surface area (Å²) in [7, 11) is -0.282. The number of benzene rings is 1. The highest BCUT2D eigenvalue weighted by molar-refractivity contribution is 7.90. The molecule has 27 heavy (non-hydrogen) atoms. The maximum Gasteiger partial charge on any atom is 0.204 e. The molecule has 9 heteroatoms. The van der Waals surface area contributed by atoms with E-state index >= 15 is 0 Å². The molecule has 0 aliphatic rings. The summed E-state index contributed by atoms with van der Waals surface area (Å²) in [6, 6.07) is 8.86. The van der Waals surface area contributed by atoms with Gasteiger partial charge in [-0.05, 0) is 31.2 Å². The van der Waals surface area contributed by atoms with Crippen molar-refractivity contribution in [2.45, 2.75) is 19.6 Å². The summed E-state index contributed by atoms with van der Waals surface area (Å²) in [5.41, 5.74) is 0.512. The molecule has 0 spiro atoms. The lowest BCUT2D eigenvalue weighted by atomic mass is 10.2. The van der Waals surface area contributed by atoms with E-state index in [0.717, 1.165) is 0 Å². The highest BCUT2D eigenvalue weighted by atomic mass is 32.2. The summed E-state index contributed by atoms with van der Waals surface area (Å²) < 4.78 is 42.8. The molecule has 0 radical (unpaired) electrons. The summed E-state index contributed by atoms with van der Waals surface area (Å²) in [6.45, 7) is 3.41. The Hall–Kier alpha value is -2.81. The summed E-state index contributed by atoms with van der Waals surface area (Å²) in [5, 5.41) is 8.31. The monoisotopic (exact) mass is 391 g/mol. The van der Waals surface area contributed by atoms with Crippen LogP contribution in [0, 0.1) is 6.92 Å². The largest absolute Gasteiger partial charge is 0.494 e. The van der Waals surface area contributed by atoms with E-state index < -0.39 is 9.84 Å². The van der Waals surface area contributed by atoms with Gasteiger partial charge in [0.25, 0.3) is 0 Å². The third kappa shape index (κ3) is 3.68. The van der Waals surface area contributed by atoms with Crippen LogP contribution in [0.5, 0.6) is 11.5 Å². The van der Waals surface area contributed by atoms with Crippen LogP contribution in [0.3, 0.4) is 0 Å². The van der Waals surface area contributed by atoms with Gasteiger partial charge in [-0.2, -0.15) is 0 Å². The molecule has 2 heterocycles. The van der Waals surface area contributed by atoms with Crippen molar-refractivity contribution in [1.29, 1.82) is 0 Å². The minimum absolute atomic E-state index is 0.00187. The number of hydrogen-bond acceptors (Lipinski definition) is 7. The van der Waals surface area contributed by atoms with Crippen LogP contribution in [0.2, 0.25) is 0 Å². The first-order valence-corrected chi connectivity index (χ1v) is 10.1. The van der Waals surface area contributed by atoms with Crippen molar-refractivity contribution in [3.8, 4) is 28.8 Å². The van der Waals surface area contributed by atoms with E-state index in [9.17, 15) is 8.42 Å². The van der Waals surface area contributed by atoms with Gasteiger partial charge < -0.3 is 13.9 Å². The topological polar surface area (TPSA) is 96.5 Å². The van der Waals surface area contributed by atoms with Crippen molar-refractivity contribution >= 4 is 9.84 Å². The summed E-state index contributed by atoms with van der Waals surface area (Å²) in [4.78, 5) is 0. The molecule has 0 aliphatic carbocycles. The minimum atomic E-state index is -3.34. The fourth-order valence-electron chi connectivity index (χ4n) is 2.71. The Balaban J connectivity index is 2.31. The van der Waals surface area contributed by atoms with Crippen LogP contribution in [0.4, 0.5) is 0 Å². The number of aromatic nitrogens is 3. The quantitative estimate of drug-likeness (QED) is 0.611. The van der Waals surface area contributed by atoms with E-state index in [4.69, 9.17) is 13.9 Å². The van der Waals surface area contributed by atoms with Gasteiger partial charge in [-0.3, -0.25) is 4.57 Å². The number of aryl methyl sites for hydroxylation is 1. The molecule has 0 saturated heterocycles. The fraction of sp³-hybridized carbons (Fsp3) is 0.333. The molecule has 3 aromatic rings. The van der Waals surface area contributed by atoms with Gasteiger partial charge in [0.2, 0.25) is 5.82 Å². The number of methoxy groups -OCH3 is 2. The van der Waals surface area contributed by atoms with Crippen molar-refractivity contribution in [3.63, 3.8) is 0 Å². The van der Waals surface area contributed by atoms with Crippen LogP contribution in [0.1, 0.15) is 18.5 Å². The molecule has 0 atom stereocenters. The lowest BCUT2D eigenvalue weighted by Gasteiger charge is -2.16. The van der Waals surface area contributed by atoms with Crippen LogP contribution in [-0.4, -0.2) is 43.2 Å². The van der Waals surface area contributed by atoms with Crippen molar-refractivity contribution in [3.05, 3.63) is 41.9 Å². The second-order valence-corrected chi connectivity index (χ2v) is 8.23. The van der Waals surface area contributed by atoms with Crippen molar-refractivity contribution < 1.29 is 22.3 Å². The van der Waals surface area contributed by atoms with Gasteiger partial charge in [-0.15, -0.1) is 10.2 Å². The fourth-order valence-corrected chi connectivity index (χ4v) is 3.49. The number of furan rings is 1. The van der Waals surface area contributed by atoms with Gasteiger partial charge in [0.15, 0.2) is 21.4 Å². The molecule has 0 bridgehead atoms. The average Bonchev–Trinajstić information content (AvgIpc) is 3.26. The Morgan fingerprint density at radius 3 is 2.26 bits per heavy atom. The maximum atomic E-state index is 12.2. The Morgan fingerprint density at radius 1 is 1.07 bits per heavy atom. The number of para-hydroxylation sites is 1. The van der Waals surface area contributed by atoms with Gasteiger partial charge in [0.1, 0.15) is 28.7 Å². The average molecular weight is 391 g/mol. The first-order chi connectivity index (χ1) is 12.9. The zero-order valence-electron chi connectivity index (χ0n) is 15.6. The standard InChI is InChI=1S/C18H21N3O5S/c1-5-27(22,23)11-16-19-20-18(15-10-9-12(2)26-15)21(16)17-13(24-3)7-6-8-14(17)25-4/h6-10H,5,11H2,1-4H3. The van der Waals surface area contributed by atoms with Crippen LogP contribution in [-0.2, 0) is 15.6 Å². The van der Waals surface area contributed by atoms with Crippen LogP contribution in [0.15, 0.2) is 34.7 Å². The molecule has 3 rings (SSSR count). The predicted molar refractivity (Wildman–Crippen MR) is 100 cm³/mol. The van der Waals surface area contributed by atoms with Crippen LogP contribution in [0.25, 0.3) is 17.3 Å². The SMILES string of the molecule is CCS(=O)(=O)Cc1nnc(-c2ccc(C)o2)n1-c1c(OC)cccc1OC. The van der Waals surface area contributed by atoms with E-state index in [0.29, 0.717) is 34.5 Å². The van der Waals surface area contributed by atoms with Gasteiger partial charge in [0, 0.05) is 5.75 Å². The van der Waals surface area contributed by atoms with E-state index in [1.54, 1.807) is 41.8 Å². The lowest BCUT2D eigenvalue weighted by Crippen LogP contribution is -2.13. The second-order valence-electron chi connectivity index (χ2n) is 5.87. The maximum absolute atomic E-state index is 12.2. The molecular formula is C18H21N3O5S. The van der Waals surface area contributed by atoms with Crippen molar-refractivity contribution in [2.75, 3.05) is 20.0 Å². The van der Waals surface area contributed by atoms with Gasteiger partial charge >= 0.3 is 0 Å². The normalized spacial score (nSPS) is 11.6. The van der Waals surface area contributed by atoms with E-state index in [-0.39, 0.29) is 17.3 Å². The van der Waals surface area contributed by atoms with Gasteiger partial charge in [-0.25, -0.2) is 8.42 Å². The molecule has 0 aliphatic heterocycles. The first kappa shape index (κ1) is 19.0. The molecule has 0 amide bonds. The zero-order valence-corrected chi connectivity index (χ0v) is 16.4. The second kappa shape index (κ2) is 7.43.